The SMILES string of the molecule is CC1(C)CCCC1NC(=O)C1(C#N)CCOCC1. The van der Waals surface area contributed by atoms with Crippen LogP contribution >= 0.6 is 0 Å². The molecule has 1 aliphatic heterocycles. The molecule has 0 aromatic heterocycles. The number of nitrogens with one attached hydrogen (secondary N) is 1. The van der Waals surface area contributed by atoms with Crippen LogP contribution in [0.5, 0.6) is 0 Å². The molecule has 1 saturated heterocycles. The van der Waals surface area contributed by atoms with Crippen molar-refractivity contribution in [3.8, 4) is 6.07 Å². The Labute approximate surface area is 109 Å². The number of carbonyl (C=O) groups excluding carboxylic acids is 1. The molecule has 1 atom stereocenters. The summed E-state index contributed by atoms with van der Waals surface area (Å²) in [5.41, 5.74) is -0.714. The smallest absolute Gasteiger partial charge is 0.240 e. The van der Waals surface area contributed by atoms with Crippen molar-refractivity contribution in [2.24, 2.45) is 10.8 Å². The second-order valence-electron chi connectivity index (χ2n) is 6.21. The average Bonchev–Trinajstić information content (AvgIpc) is 2.69. The molecular weight excluding hydrogens is 228 g/mol. The summed E-state index contributed by atoms with van der Waals surface area (Å²) in [6, 6.07) is 2.43. The van der Waals surface area contributed by atoms with Crippen LogP contribution in [-0.2, 0) is 9.53 Å². The van der Waals surface area contributed by atoms with Crippen LogP contribution in [0, 0.1) is 22.2 Å². The number of amides is 1. The van der Waals surface area contributed by atoms with E-state index in [1.165, 1.54) is 0 Å². The molecule has 4 heteroatoms. The maximum Gasteiger partial charge on any atom is 0.240 e. The third kappa shape index (κ3) is 2.37. The summed E-state index contributed by atoms with van der Waals surface area (Å²) in [5, 5.41) is 12.5. The van der Waals surface area contributed by atoms with E-state index >= 15 is 0 Å². The van der Waals surface area contributed by atoms with Crippen molar-refractivity contribution in [3.05, 3.63) is 0 Å². The number of nitrogens with zero attached hydrogens (tertiary/aromatic N) is 1. The highest BCUT2D eigenvalue weighted by Crippen LogP contribution is 2.38. The standard InChI is InChI=1S/C14H22N2O2/c1-13(2)5-3-4-11(13)16-12(17)14(10-15)6-8-18-9-7-14/h11H,3-9H2,1-2H3,(H,16,17). The van der Waals surface area contributed by atoms with Crippen molar-refractivity contribution in [1.29, 1.82) is 5.26 Å². The van der Waals surface area contributed by atoms with Gasteiger partial charge in [-0.1, -0.05) is 20.3 Å². The second kappa shape index (κ2) is 4.89. The predicted octanol–water partition coefficient (Wildman–Crippen LogP) is 2.00. The minimum absolute atomic E-state index is 0.0896. The molecule has 1 amide bonds. The molecule has 0 aromatic rings. The van der Waals surface area contributed by atoms with Crippen LogP contribution in [0.4, 0.5) is 0 Å². The Kier molecular flexibility index (Phi) is 3.63. The molecular formula is C14H22N2O2. The molecule has 1 saturated carbocycles. The van der Waals surface area contributed by atoms with Gasteiger partial charge >= 0.3 is 0 Å². The van der Waals surface area contributed by atoms with Gasteiger partial charge in [0, 0.05) is 19.3 Å². The van der Waals surface area contributed by atoms with Crippen LogP contribution in [0.1, 0.15) is 46.0 Å². The van der Waals surface area contributed by atoms with E-state index in [0.29, 0.717) is 26.1 Å². The van der Waals surface area contributed by atoms with E-state index in [-0.39, 0.29) is 17.4 Å². The van der Waals surface area contributed by atoms with Gasteiger partial charge < -0.3 is 10.1 Å². The van der Waals surface area contributed by atoms with Crippen LogP contribution in [0.2, 0.25) is 0 Å². The maximum atomic E-state index is 12.4. The number of rotatable bonds is 2. The Morgan fingerprint density at radius 3 is 2.50 bits per heavy atom. The second-order valence-corrected chi connectivity index (χ2v) is 6.21. The molecule has 2 fully saturated rings. The minimum Gasteiger partial charge on any atom is -0.381 e. The highest BCUT2D eigenvalue weighted by Gasteiger charge is 2.44. The molecule has 4 nitrogen and oxygen atoms in total. The van der Waals surface area contributed by atoms with Crippen LogP contribution in [-0.4, -0.2) is 25.2 Å². The van der Waals surface area contributed by atoms with Gasteiger partial charge in [0.25, 0.3) is 0 Å². The van der Waals surface area contributed by atoms with Crippen molar-refractivity contribution < 1.29 is 9.53 Å². The predicted molar refractivity (Wildman–Crippen MR) is 67.7 cm³/mol. The van der Waals surface area contributed by atoms with Gasteiger partial charge in [-0.3, -0.25) is 4.79 Å². The largest absolute Gasteiger partial charge is 0.381 e. The Bertz CT molecular complexity index is 364. The Morgan fingerprint density at radius 1 is 1.33 bits per heavy atom. The van der Waals surface area contributed by atoms with E-state index < -0.39 is 5.41 Å². The third-order valence-electron chi connectivity index (χ3n) is 4.56. The summed E-state index contributed by atoms with van der Waals surface area (Å²) in [6.07, 6.45) is 4.35. The third-order valence-corrected chi connectivity index (χ3v) is 4.56. The summed E-state index contributed by atoms with van der Waals surface area (Å²) >= 11 is 0. The molecule has 100 valence electrons. The molecule has 0 bridgehead atoms. The van der Waals surface area contributed by atoms with E-state index in [1.807, 2.05) is 0 Å². The summed E-state index contributed by atoms with van der Waals surface area (Å²) in [4.78, 5) is 12.4. The first-order valence-corrected chi connectivity index (χ1v) is 6.80. The number of nitriles is 1. The Morgan fingerprint density at radius 2 is 2.00 bits per heavy atom. The van der Waals surface area contributed by atoms with Crippen molar-refractivity contribution in [2.75, 3.05) is 13.2 Å². The number of ether oxygens (including phenoxy) is 1. The topological polar surface area (TPSA) is 62.1 Å². The molecule has 0 aromatic carbocycles. The first-order chi connectivity index (χ1) is 8.50. The van der Waals surface area contributed by atoms with Crippen LogP contribution < -0.4 is 5.32 Å². The highest BCUT2D eigenvalue weighted by atomic mass is 16.5. The zero-order chi connectivity index (χ0) is 13.2. The van der Waals surface area contributed by atoms with E-state index in [4.69, 9.17) is 4.74 Å². The maximum absolute atomic E-state index is 12.4. The fourth-order valence-electron chi connectivity index (χ4n) is 3.00. The van der Waals surface area contributed by atoms with Crippen LogP contribution in [0.3, 0.4) is 0 Å². The van der Waals surface area contributed by atoms with Gasteiger partial charge in [-0.05, 0) is 31.1 Å². The minimum atomic E-state index is -0.864. The molecule has 0 radical (unpaired) electrons. The molecule has 2 aliphatic rings. The number of carbonyl (C=O) groups is 1. The zero-order valence-electron chi connectivity index (χ0n) is 11.3. The van der Waals surface area contributed by atoms with E-state index in [1.54, 1.807) is 0 Å². The first kappa shape index (κ1) is 13.4. The quantitative estimate of drug-likeness (QED) is 0.815. The lowest BCUT2D eigenvalue weighted by Crippen LogP contribution is -2.50. The van der Waals surface area contributed by atoms with Crippen LogP contribution in [0.15, 0.2) is 0 Å². The molecule has 18 heavy (non-hydrogen) atoms. The van der Waals surface area contributed by atoms with Gasteiger partial charge in [0.2, 0.25) is 5.91 Å². The van der Waals surface area contributed by atoms with E-state index in [2.05, 4.69) is 25.2 Å². The summed E-state index contributed by atoms with van der Waals surface area (Å²) in [6.45, 7) is 5.39. The van der Waals surface area contributed by atoms with Gasteiger partial charge in [0.15, 0.2) is 0 Å². The van der Waals surface area contributed by atoms with Crippen molar-refractivity contribution in [2.45, 2.75) is 52.0 Å². The number of hydrogen-bond donors (Lipinski definition) is 1. The van der Waals surface area contributed by atoms with Crippen molar-refractivity contribution in [1.82, 2.24) is 5.32 Å². The van der Waals surface area contributed by atoms with Gasteiger partial charge in [-0.25, -0.2) is 0 Å². The molecule has 1 aliphatic carbocycles. The monoisotopic (exact) mass is 250 g/mol. The lowest BCUT2D eigenvalue weighted by atomic mass is 9.79. The van der Waals surface area contributed by atoms with Gasteiger partial charge in [0.05, 0.1) is 6.07 Å². The van der Waals surface area contributed by atoms with Gasteiger partial charge in [0.1, 0.15) is 5.41 Å². The summed E-state index contributed by atoms with van der Waals surface area (Å²) < 4.78 is 5.26. The van der Waals surface area contributed by atoms with E-state index in [9.17, 15) is 10.1 Å². The normalized spacial score (nSPS) is 29.5. The lowest BCUT2D eigenvalue weighted by Gasteiger charge is -2.34. The molecule has 1 N–H and O–H groups in total. The van der Waals surface area contributed by atoms with Crippen LogP contribution in [0.25, 0.3) is 0 Å². The van der Waals surface area contributed by atoms with Gasteiger partial charge in [-0.2, -0.15) is 5.26 Å². The highest BCUT2D eigenvalue weighted by molar-refractivity contribution is 5.85. The molecule has 2 rings (SSSR count). The Hall–Kier alpha value is -1.08. The average molecular weight is 250 g/mol. The molecule has 1 unspecified atom stereocenters. The molecule has 1 heterocycles. The zero-order valence-corrected chi connectivity index (χ0v) is 11.3. The summed E-state index contributed by atoms with van der Waals surface area (Å²) in [5.74, 6) is -0.0896. The summed E-state index contributed by atoms with van der Waals surface area (Å²) in [7, 11) is 0. The molecule has 0 spiro atoms. The van der Waals surface area contributed by atoms with Crippen molar-refractivity contribution in [3.63, 3.8) is 0 Å². The first-order valence-electron chi connectivity index (χ1n) is 6.80. The van der Waals surface area contributed by atoms with Crippen molar-refractivity contribution >= 4 is 5.91 Å². The fourth-order valence-corrected chi connectivity index (χ4v) is 3.00. The fraction of sp³-hybridized carbons (Fsp3) is 0.857. The number of hydrogen-bond acceptors (Lipinski definition) is 3. The van der Waals surface area contributed by atoms with Gasteiger partial charge in [-0.15, -0.1) is 0 Å². The van der Waals surface area contributed by atoms with E-state index in [0.717, 1.165) is 19.3 Å². The lowest BCUT2D eigenvalue weighted by molar-refractivity contribution is -0.133. The Balaban J connectivity index is 2.05.